The Labute approximate surface area is 124 Å². The normalized spacial score (nSPS) is 10.8. The van der Waals surface area contributed by atoms with Crippen molar-refractivity contribution < 1.29 is 14.4 Å². The molecule has 6 heteroatoms. The molecule has 0 aromatic heterocycles. The topological polar surface area (TPSA) is 74.0 Å². The highest BCUT2D eigenvalue weighted by molar-refractivity contribution is 5.87. The van der Waals surface area contributed by atoms with E-state index >= 15 is 0 Å². The molecule has 0 heterocycles. The zero-order valence-corrected chi connectivity index (χ0v) is 12.8. The van der Waals surface area contributed by atoms with Crippen molar-refractivity contribution >= 4 is 11.9 Å². The molecular weight excluding hydrogens is 272 g/mol. The highest BCUT2D eigenvalue weighted by atomic mass is 16.6. The molecule has 1 rings (SSSR count). The molecule has 0 aliphatic rings. The molecule has 0 saturated carbocycles. The van der Waals surface area contributed by atoms with E-state index in [2.05, 4.69) is 11.9 Å². The molecule has 21 heavy (non-hydrogen) atoms. The highest BCUT2D eigenvalue weighted by Crippen LogP contribution is 2.33. The monoisotopic (exact) mass is 294 g/mol. The first kappa shape index (κ1) is 16.9. The van der Waals surface area contributed by atoms with Gasteiger partial charge < -0.3 is 9.47 Å². The first-order chi connectivity index (χ1) is 10.1. The van der Waals surface area contributed by atoms with Gasteiger partial charge in [0.25, 0.3) is 5.69 Å². The summed E-state index contributed by atoms with van der Waals surface area (Å²) in [7, 11) is 2.94. The van der Waals surface area contributed by atoms with E-state index in [1.165, 1.54) is 39.3 Å². The van der Waals surface area contributed by atoms with Crippen molar-refractivity contribution in [3.8, 4) is 11.5 Å². The first-order valence-corrected chi connectivity index (χ1v) is 7.04. The lowest BCUT2D eigenvalue weighted by atomic mass is 10.1. The molecule has 0 aliphatic carbocycles. The van der Waals surface area contributed by atoms with Gasteiger partial charge >= 0.3 is 0 Å². The van der Waals surface area contributed by atoms with Crippen molar-refractivity contribution in [2.75, 3.05) is 20.8 Å². The zero-order chi connectivity index (χ0) is 15.7. The molecule has 6 nitrogen and oxygen atoms in total. The van der Waals surface area contributed by atoms with Crippen LogP contribution in [0, 0.1) is 10.1 Å². The number of aliphatic imine (C=N–C) groups is 1. The predicted molar refractivity (Wildman–Crippen MR) is 82.8 cm³/mol. The van der Waals surface area contributed by atoms with Crippen molar-refractivity contribution in [1.82, 2.24) is 0 Å². The minimum Gasteiger partial charge on any atom is -0.493 e. The minimum absolute atomic E-state index is 0.0371. The van der Waals surface area contributed by atoms with Gasteiger partial charge in [-0.05, 0) is 12.5 Å². The van der Waals surface area contributed by atoms with Gasteiger partial charge in [-0.2, -0.15) is 0 Å². The van der Waals surface area contributed by atoms with Crippen molar-refractivity contribution in [1.29, 1.82) is 0 Å². The van der Waals surface area contributed by atoms with Crippen LogP contribution in [0.2, 0.25) is 0 Å². The second kappa shape index (κ2) is 8.94. The van der Waals surface area contributed by atoms with Crippen molar-refractivity contribution in [2.45, 2.75) is 32.6 Å². The van der Waals surface area contributed by atoms with E-state index in [0.29, 0.717) is 23.6 Å². The summed E-state index contributed by atoms with van der Waals surface area (Å²) in [6.45, 7) is 2.82. The second-order valence-electron chi connectivity index (χ2n) is 4.62. The first-order valence-electron chi connectivity index (χ1n) is 7.04. The summed E-state index contributed by atoms with van der Waals surface area (Å²) < 4.78 is 10.2. The number of hydrogen-bond donors (Lipinski definition) is 0. The largest absolute Gasteiger partial charge is 0.493 e. The number of ether oxygens (including phenoxy) is 2. The van der Waals surface area contributed by atoms with E-state index < -0.39 is 4.92 Å². The molecule has 0 radical (unpaired) electrons. The Balaban J connectivity index is 2.88. The van der Waals surface area contributed by atoms with Gasteiger partial charge in [-0.1, -0.05) is 26.2 Å². The summed E-state index contributed by atoms with van der Waals surface area (Å²) in [6.07, 6.45) is 6.01. The van der Waals surface area contributed by atoms with Gasteiger partial charge in [0.1, 0.15) is 0 Å². The summed E-state index contributed by atoms with van der Waals surface area (Å²) >= 11 is 0. The van der Waals surface area contributed by atoms with E-state index in [4.69, 9.17) is 9.47 Å². The maximum atomic E-state index is 11.1. The van der Waals surface area contributed by atoms with Crippen LogP contribution in [-0.4, -0.2) is 31.9 Å². The SMILES string of the molecule is CCCCCCN=Cc1cc(OC)c(OC)cc1[N+](=O)[O-]. The van der Waals surface area contributed by atoms with Gasteiger partial charge in [-0.15, -0.1) is 0 Å². The average molecular weight is 294 g/mol. The van der Waals surface area contributed by atoms with Gasteiger partial charge in [0.15, 0.2) is 11.5 Å². The van der Waals surface area contributed by atoms with Crippen LogP contribution in [0.25, 0.3) is 0 Å². The van der Waals surface area contributed by atoms with Crippen molar-refractivity contribution in [2.24, 2.45) is 4.99 Å². The van der Waals surface area contributed by atoms with E-state index in [1.807, 2.05) is 0 Å². The summed E-state index contributed by atoms with van der Waals surface area (Å²) in [5.74, 6) is 0.792. The maximum Gasteiger partial charge on any atom is 0.282 e. The number of hydrogen-bond acceptors (Lipinski definition) is 5. The minimum atomic E-state index is -0.444. The van der Waals surface area contributed by atoms with Gasteiger partial charge in [-0.3, -0.25) is 15.1 Å². The van der Waals surface area contributed by atoms with E-state index in [0.717, 1.165) is 12.8 Å². The molecule has 0 amide bonds. The second-order valence-corrected chi connectivity index (χ2v) is 4.62. The third-order valence-corrected chi connectivity index (χ3v) is 3.10. The Hall–Kier alpha value is -2.11. The maximum absolute atomic E-state index is 11.1. The Kier molecular flexibility index (Phi) is 7.21. The zero-order valence-electron chi connectivity index (χ0n) is 12.8. The number of methoxy groups -OCH3 is 2. The molecule has 1 aromatic rings. The van der Waals surface area contributed by atoms with E-state index in [9.17, 15) is 10.1 Å². The number of nitrogens with zero attached hydrogens (tertiary/aromatic N) is 2. The quantitative estimate of drug-likeness (QED) is 0.302. The molecule has 0 aliphatic heterocycles. The molecule has 0 unspecified atom stereocenters. The number of unbranched alkanes of at least 4 members (excludes halogenated alkanes) is 3. The summed E-state index contributed by atoms with van der Waals surface area (Å²) in [6, 6.07) is 2.93. The molecule has 0 fully saturated rings. The molecule has 0 bridgehead atoms. The number of benzene rings is 1. The van der Waals surface area contributed by atoms with Gasteiger partial charge in [0, 0.05) is 12.8 Å². The van der Waals surface area contributed by atoms with E-state index in [1.54, 1.807) is 6.07 Å². The Morgan fingerprint density at radius 1 is 1.19 bits per heavy atom. The molecule has 0 spiro atoms. The predicted octanol–water partition coefficient (Wildman–Crippen LogP) is 3.61. The lowest BCUT2D eigenvalue weighted by Gasteiger charge is -2.08. The third kappa shape index (κ3) is 5.06. The molecule has 1 aromatic carbocycles. The van der Waals surface area contributed by atoms with Crippen LogP contribution in [0.1, 0.15) is 38.2 Å². The summed E-state index contributed by atoms with van der Waals surface area (Å²) in [5.41, 5.74) is 0.387. The van der Waals surface area contributed by atoms with Crippen LogP contribution in [0.15, 0.2) is 17.1 Å². The van der Waals surface area contributed by atoms with Crippen LogP contribution >= 0.6 is 0 Å². The third-order valence-electron chi connectivity index (χ3n) is 3.10. The average Bonchev–Trinajstić information content (AvgIpc) is 2.49. The van der Waals surface area contributed by atoms with Crippen LogP contribution in [0.4, 0.5) is 5.69 Å². The molecule has 0 saturated heterocycles. The smallest absolute Gasteiger partial charge is 0.282 e. The van der Waals surface area contributed by atoms with Crippen LogP contribution in [0.3, 0.4) is 0 Å². The fourth-order valence-electron chi connectivity index (χ4n) is 1.94. The lowest BCUT2D eigenvalue weighted by molar-refractivity contribution is -0.385. The highest BCUT2D eigenvalue weighted by Gasteiger charge is 2.18. The van der Waals surface area contributed by atoms with Crippen molar-refractivity contribution in [3.63, 3.8) is 0 Å². The number of nitro groups is 1. The molecule has 0 atom stereocenters. The Morgan fingerprint density at radius 3 is 2.43 bits per heavy atom. The number of nitro benzene ring substituents is 1. The number of rotatable bonds is 9. The van der Waals surface area contributed by atoms with Gasteiger partial charge in [0.2, 0.25) is 0 Å². The Morgan fingerprint density at radius 2 is 1.86 bits per heavy atom. The Bertz CT molecular complexity index is 501. The van der Waals surface area contributed by atoms with Gasteiger partial charge in [0.05, 0.1) is 30.8 Å². The summed E-state index contributed by atoms with van der Waals surface area (Å²) in [4.78, 5) is 14.9. The lowest BCUT2D eigenvalue weighted by Crippen LogP contribution is -1.99. The van der Waals surface area contributed by atoms with E-state index in [-0.39, 0.29) is 5.69 Å². The van der Waals surface area contributed by atoms with Crippen LogP contribution in [0.5, 0.6) is 11.5 Å². The molecular formula is C15H22N2O4. The fraction of sp³-hybridized carbons (Fsp3) is 0.533. The molecule has 0 N–H and O–H groups in total. The van der Waals surface area contributed by atoms with Gasteiger partial charge in [-0.25, -0.2) is 0 Å². The standard InChI is InChI=1S/C15H22N2O4/c1-4-5-6-7-8-16-11-12-9-14(20-2)15(21-3)10-13(12)17(18)19/h9-11H,4-8H2,1-3H3. The van der Waals surface area contributed by atoms with Crippen molar-refractivity contribution in [3.05, 3.63) is 27.8 Å². The fourth-order valence-corrected chi connectivity index (χ4v) is 1.94. The molecule has 116 valence electrons. The van der Waals surface area contributed by atoms with Crippen LogP contribution < -0.4 is 9.47 Å². The summed E-state index contributed by atoms with van der Waals surface area (Å²) in [5, 5.41) is 11.1. The van der Waals surface area contributed by atoms with Crippen LogP contribution in [-0.2, 0) is 0 Å².